The molecule has 1 atom stereocenters. The first-order valence-electron chi connectivity index (χ1n) is 6.32. The molecule has 0 saturated heterocycles. The van der Waals surface area contributed by atoms with Crippen LogP contribution in [-0.2, 0) is 13.5 Å². The summed E-state index contributed by atoms with van der Waals surface area (Å²) in [6, 6.07) is 2.07. The van der Waals surface area contributed by atoms with Crippen LogP contribution in [0.2, 0.25) is 0 Å². The van der Waals surface area contributed by atoms with Gasteiger partial charge in [-0.3, -0.25) is 4.68 Å². The van der Waals surface area contributed by atoms with Gasteiger partial charge in [-0.1, -0.05) is 25.7 Å². The molecule has 1 heterocycles. The molecule has 3 nitrogen and oxygen atoms in total. The SMILES string of the molecule is Cc1cc(CC(O)CC2CCCC2)n(C)n1. The number of hydrogen-bond acceptors (Lipinski definition) is 2. The lowest BCUT2D eigenvalue weighted by molar-refractivity contribution is 0.141. The van der Waals surface area contributed by atoms with E-state index in [4.69, 9.17) is 0 Å². The molecule has 0 spiro atoms. The van der Waals surface area contributed by atoms with Gasteiger partial charge in [0, 0.05) is 19.2 Å². The van der Waals surface area contributed by atoms with Crippen LogP contribution < -0.4 is 0 Å². The number of rotatable bonds is 4. The Morgan fingerprint density at radius 2 is 2.19 bits per heavy atom. The Labute approximate surface area is 97.5 Å². The first kappa shape index (κ1) is 11.6. The van der Waals surface area contributed by atoms with E-state index in [1.54, 1.807) is 0 Å². The molecule has 0 bridgehead atoms. The van der Waals surface area contributed by atoms with Gasteiger partial charge >= 0.3 is 0 Å². The zero-order chi connectivity index (χ0) is 11.5. The predicted molar refractivity (Wildman–Crippen MR) is 64.2 cm³/mol. The molecule has 90 valence electrons. The van der Waals surface area contributed by atoms with Crippen LogP contribution in [0.5, 0.6) is 0 Å². The third-order valence-electron chi connectivity index (χ3n) is 3.62. The smallest absolute Gasteiger partial charge is 0.0598 e. The Morgan fingerprint density at radius 3 is 2.75 bits per heavy atom. The number of aliphatic hydroxyl groups is 1. The van der Waals surface area contributed by atoms with E-state index in [9.17, 15) is 5.11 Å². The van der Waals surface area contributed by atoms with E-state index in [1.807, 2.05) is 18.7 Å². The first-order chi connectivity index (χ1) is 7.65. The molecule has 3 heteroatoms. The highest BCUT2D eigenvalue weighted by atomic mass is 16.3. The van der Waals surface area contributed by atoms with E-state index in [1.165, 1.54) is 25.7 Å². The van der Waals surface area contributed by atoms with Gasteiger partial charge in [0.2, 0.25) is 0 Å². The minimum absolute atomic E-state index is 0.196. The molecule has 1 aromatic rings. The van der Waals surface area contributed by atoms with Crippen LogP contribution in [0.1, 0.15) is 43.5 Å². The summed E-state index contributed by atoms with van der Waals surface area (Å²) in [6.45, 7) is 1.99. The van der Waals surface area contributed by atoms with Gasteiger partial charge in [0.05, 0.1) is 11.8 Å². The van der Waals surface area contributed by atoms with Gasteiger partial charge in [-0.05, 0) is 25.3 Å². The van der Waals surface area contributed by atoms with Crippen molar-refractivity contribution >= 4 is 0 Å². The molecule has 0 aromatic carbocycles. The fraction of sp³-hybridized carbons (Fsp3) is 0.769. The first-order valence-corrected chi connectivity index (χ1v) is 6.32. The molecular formula is C13H22N2O. The second kappa shape index (κ2) is 5.00. The molecule has 16 heavy (non-hydrogen) atoms. The van der Waals surface area contributed by atoms with Crippen molar-refractivity contribution in [1.29, 1.82) is 0 Å². The number of aromatic nitrogens is 2. The van der Waals surface area contributed by atoms with Gasteiger partial charge < -0.3 is 5.11 Å². The second-order valence-corrected chi connectivity index (χ2v) is 5.14. The van der Waals surface area contributed by atoms with Crippen LogP contribution in [0.15, 0.2) is 6.07 Å². The van der Waals surface area contributed by atoms with Gasteiger partial charge in [0.25, 0.3) is 0 Å². The number of hydrogen-bond donors (Lipinski definition) is 1. The highest BCUT2D eigenvalue weighted by Gasteiger charge is 2.19. The maximum atomic E-state index is 10.1. The lowest BCUT2D eigenvalue weighted by atomic mass is 9.97. The minimum atomic E-state index is -0.196. The summed E-state index contributed by atoms with van der Waals surface area (Å²) >= 11 is 0. The normalized spacial score (nSPS) is 19.2. The van der Waals surface area contributed by atoms with Crippen molar-refractivity contribution in [3.8, 4) is 0 Å². The molecule has 1 N–H and O–H groups in total. The largest absolute Gasteiger partial charge is 0.393 e. The highest BCUT2D eigenvalue weighted by molar-refractivity contribution is 5.09. The third kappa shape index (κ3) is 2.85. The zero-order valence-electron chi connectivity index (χ0n) is 10.3. The molecule has 0 aliphatic heterocycles. The minimum Gasteiger partial charge on any atom is -0.393 e. The van der Waals surface area contributed by atoms with E-state index in [2.05, 4.69) is 11.2 Å². The maximum absolute atomic E-state index is 10.1. The van der Waals surface area contributed by atoms with Gasteiger partial charge in [-0.2, -0.15) is 5.10 Å². The van der Waals surface area contributed by atoms with E-state index >= 15 is 0 Å². The fourth-order valence-corrected chi connectivity index (χ4v) is 2.81. The molecule has 1 aliphatic rings. The van der Waals surface area contributed by atoms with Crippen LogP contribution in [0, 0.1) is 12.8 Å². The molecular weight excluding hydrogens is 200 g/mol. The monoisotopic (exact) mass is 222 g/mol. The molecule has 1 saturated carbocycles. The van der Waals surface area contributed by atoms with Crippen molar-refractivity contribution in [3.05, 3.63) is 17.5 Å². The summed E-state index contributed by atoms with van der Waals surface area (Å²) in [4.78, 5) is 0. The van der Waals surface area contributed by atoms with Crippen LogP contribution in [0.25, 0.3) is 0 Å². The van der Waals surface area contributed by atoms with E-state index < -0.39 is 0 Å². The van der Waals surface area contributed by atoms with Crippen molar-refractivity contribution in [3.63, 3.8) is 0 Å². The molecule has 2 rings (SSSR count). The molecule has 1 aromatic heterocycles. The highest BCUT2D eigenvalue weighted by Crippen LogP contribution is 2.29. The lowest BCUT2D eigenvalue weighted by Crippen LogP contribution is -2.16. The standard InChI is InChI=1S/C13H22N2O/c1-10-7-12(15(2)14-10)9-13(16)8-11-5-3-4-6-11/h7,11,13,16H,3-6,8-9H2,1-2H3. The van der Waals surface area contributed by atoms with Crippen molar-refractivity contribution < 1.29 is 5.11 Å². The number of nitrogens with zero attached hydrogens (tertiary/aromatic N) is 2. The molecule has 0 radical (unpaired) electrons. The van der Waals surface area contributed by atoms with Crippen LogP contribution >= 0.6 is 0 Å². The van der Waals surface area contributed by atoms with Crippen molar-refractivity contribution in [2.45, 2.75) is 51.6 Å². The Bertz CT molecular complexity index is 340. The average molecular weight is 222 g/mol. The van der Waals surface area contributed by atoms with Crippen LogP contribution in [0.3, 0.4) is 0 Å². The zero-order valence-corrected chi connectivity index (χ0v) is 10.3. The van der Waals surface area contributed by atoms with E-state index in [0.717, 1.165) is 30.1 Å². The summed E-state index contributed by atoms with van der Waals surface area (Å²) in [5, 5.41) is 14.4. The Morgan fingerprint density at radius 1 is 1.50 bits per heavy atom. The van der Waals surface area contributed by atoms with Crippen LogP contribution in [-0.4, -0.2) is 21.0 Å². The van der Waals surface area contributed by atoms with Crippen molar-refractivity contribution in [1.82, 2.24) is 9.78 Å². The fourth-order valence-electron chi connectivity index (χ4n) is 2.81. The Kier molecular flexibility index (Phi) is 3.64. The van der Waals surface area contributed by atoms with Gasteiger partial charge in [-0.25, -0.2) is 0 Å². The van der Waals surface area contributed by atoms with E-state index in [-0.39, 0.29) is 6.10 Å². The van der Waals surface area contributed by atoms with Gasteiger partial charge in [-0.15, -0.1) is 0 Å². The van der Waals surface area contributed by atoms with E-state index in [0.29, 0.717) is 0 Å². The second-order valence-electron chi connectivity index (χ2n) is 5.14. The summed E-state index contributed by atoms with van der Waals surface area (Å²) in [5.41, 5.74) is 2.17. The molecule has 1 aliphatic carbocycles. The van der Waals surface area contributed by atoms with Crippen molar-refractivity contribution in [2.75, 3.05) is 0 Å². The van der Waals surface area contributed by atoms with Gasteiger partial charge in [0.1, 0.15) is 0 Å². The molecule has 1 unspecified atom stereocenters. The third-order valence-corrected chi connectivity index (χ3v) is 3.62. The number of aliphatic hydroxyl groups excluding tert-OH is 1. The summed E-state index contributed by atoms with van der Waals surface area (Å²) in [5.74, 6) is 0.754. The quantitative estimate of drug-likeness (QED) is 0.848. The summed E-state index contributed by atoms with van der Waals surface area (Å²) in [6.07, 6.45) is 6.82. The van der Waals surface area contributed by atoms with Gasteiger partial charge in [0.15, 0.2) is 0 Å². The van der Waals surface area contributed by atoms with Crippen LogP contribution in [0.4, 0.5) is 0 Å². The average Bonchev–Trinajstić information content (AvgIpc) is 2.78. The molecule has 1 fully saturated rings. The Balaban J connectivity index is 1.86. The number of aryl methyl sites for hydroxylation is 2. The Hall–Kier alpha value is -0.830. The van der Waals surface area contributed by atoms with Crippen molar-refractivity contribution in [2.24, 2.45) is 13.0 Å². The lowest BCUT2D eigenvalue weighted by Gasteiger charge is -2.15. The maximum Gasteiger partial charge on any atom is 0.0598 e. The summed E-state index contributed by atoms with van der Waals surface area (Å²) in [7, 11) is 1.95. The molecule has 0 amide bonds. The predicted octanol–water partition coefficient (Wildman–Crippen LogP) is 2.21. The summed E-state index contributed by atoms with van der Waals surface area (Å²) < 4.78 is 1.88. The topological polar surface area (TPSA) is 38.0 Å².